The fourth-order valence-electron chi connectivity index (χ4n) is 2.23. The largest absolute Gasteiger partial charge is 0.385 e. The van der Waals surface area contributed by atoms with E-state index in [2.05, 4.69) is 21.3 Å². The molecule has 0 aliphatic carbocycles. The van der Waals surface area contributed by atoms with E-state index in [9.17, 15) is 0 Å². The fourth-order valence-corrected chi connectivity index (χ4v) is 3.18. The molecule has 0 radical (unpaired) electrons. The molecule has 0 spiro atoms. The van der Waals surface area contributed by atoms with Crippen LogP contribution in [-0.2, 0) is 6.42 Å². The first-order valence-corrected chi connectivity index (χ1v) is 9.80. The molecule has 1 aromatic carbocycles. The standard InChI is InChI=1S/C15H16N4.C6H6ClNS/c1-2-3-9-18-19-15(16)11-12-6-7-14-13(10-12)5-4-8-17-14;1-4(8)5-2-3-6(7)9-5/h2-10H,11H2,1H3,(H2,16,19);2-3,8H,1H3/b3-2-,18-9+;. The molecule has 28 heavy (non-hydrogen) atoms. The van der Waals surface area contributed by atoms with E-state index in [4.69, 9.17) is 22.7 Å². The van der Waals surface area contributed by atoms with Crippen molar-refractivity contribution in [3.63, 3.8) is 0 Å². The van der Waals surface area contributed by atoms with Gasteiger partial charge in [0.25, 0.3) is 0 Å². The van der Waals surface area contributed by atoms with Crippen molar-refractivity contribution in [2.45, 2.75) is 20.3 Å². The van der Waals surface area contributed by atoms with Gasteiger partial charge >= 0.3 is 0 Å². The van der Waals surface area contributed by atoms with Crippen LogP contribution in [0.3, 0.4) is 0 Å². The second-order valence-electron chi connectivity index (χ2n) is 5.82. The third kappa shape index (κ3) is 7.06. The Hall–Kier alpha value is -2.83. The number of thiophene rings is 1. The Kier molecular flexibility index (Phi) is 8.52. The molecule has 0 bridgehead atoms. The van der Waals surface area contributed by atoms with Crippen LogP contribution in [-0.4, -0.2) is 22.7 Å². The van der Waals surface area contributed by atoms with Crippen molar-refractivity contribution in [2.75, 3.05) is 0 Å². The van der Waals surface area contributed by atoms with E-state index in [0.717, 1.165) is 25.7 Å². The van der Waals surface area contributed by atoms with Gasteiger partial charge in [-0.2, -0.15) is 5.10 Å². The number of amidine groups is 1. The number of rotatable bonds is 5. The number of nitrogens with one attached hydrogen (secondary N) is 1. The molecule has 2 aromatic heterocycles. The highest BCUT2D eigenvalue weighted by molar-refractivity contribution is 7.18. The molecule has 3 N–H and O–H groups in total. The number of fused-ring (bicyclic) bond motifs is 1. The summed E-state index contributed by atoms with van der Waals surface area (Å²) in [6.07, 6.45) is 7.66. The molecule has 0 amide bonds. The molecule has 0 aliphatic heterocycles. The number of hydrogen-bond donors (Lipinski definition) is 2. The maximum absolute atomic E-state index is 7.20. The number of hydrogen-bond acceptors (Lipinski definition) is 5. The fraction of sp³-hybridized carbons (Fsp3) is 0.143. The van der Waals surface area contributed by atoms with Gasteiger partial charge in [0, 0.05) is 34.8 Å². The smallest absolute Gasteiger partial charge is 0.126 e. The number of nitrogens with zero attached hydrogens (tertiary/aromatic N) is 3. The van der Waals surface area contributed by atoms with E-state index >= 15 is 0 Å². The zero-order chi connectivity index (χ0) is 20.4. The van der Waals surface area contributed by atoms with Gasteiger partial charge in [0.1, 0.15) is 5.84 Å². The highest BCUT2D eigenvalue weighted by atomic mass is 35.5. The van der Waals surface area contributed by atoms with Crippen molar-refractivity contribution in [3.8, 4) is 0 Å². The van der Waals surface area contributed by atoms with Crippen LogP contribution in [0.4, 0.5) is 0 Å². The Morgan fingerprint density at radius 1 is 1.29 bits per heavy atom. The molecule has 0 unspecified atom stereocenters. The van der Waals surface area contributed by atoms with Crippen molar-refractivity contribution in [1.29, 1.82) is 5.41 Å². The van der Waals surface area contributed by atoms with Gasteiger partial charge in [-0.1, -0.05) is 29.8 Å². The van der Waals surface area contributed by atoms with Gasteiger partial charge in [-0.3, -0.25) is 4.98 Å². The van der Waals surface area contributed by atoms with Crippen LogP contribution in [0.2, 0.25) is 4.34 Å². The number of pyridine rings is 1. The number of nitrogens with two attached hydrogens (primary N) is 1. The molecule has 3 rings (SSSR count). The predicted octanol–water partition coefficient (Wildman–Crippen LogP) is 5.49. The molecule has 7 heteroatoms. The molecule has 2 heterocycles. The van der Waals surface area contributed by atoms with Crippen molar-refractivity contribution in [3.05, 3.63) is 75.6 Å². The monoisotopic (exact) mass is 411 g/mol. The second-order valence-corrected chi connectivity index (χ2v) is 7.53. The molecule has 0 aliphatic rings. The minimum atomic E-state index is 0.490. The van der Waals surface area contributed by atoms with E-state index < -0.39 is 0 Å². The van der Waals surface area contributed by atoms with Gasteiger partial charge < -0.3 is 11.1 Å². The first-order chi connectivity index (χ1) is 13.5. The summed E-state index contributed by atoms with van der Waals surface area (Å²) in [6, 6.07) is 13.7. The third-order valence-corrected chi connectivity index (χ3v) is 4.88. The van der Waals surface area contributed by atoms with Crippen molar-refractivity contribution >= 4 is 51.6 Å². The summed E-state index contributed by atoms with van der Waals surface area (Å²) in [4.78, 5) is 5.22. The summed E-state index contributed by atoms with van der Waals surface area (Å²) in [5.74, 6) is 0.490. The van der Waals surface area contributed by atoms with E-state index in [0.29, 0.717) is 18.0 Å². The Morgan fingerprint density at radius 2 is 2.11 bits per heavy atom. The lowest BCUT2D eigenvalue weighted by molar-refractivity contribution is 1.18. The Morgan fingerprint density at radius 3 is 2.75 bits per heavy atom. The molecule has 0 atom stereocenters. The van der Waals surface area contributed by atoms with Crippen LogP contribution >= 0.6 is 22.9 Å². The third-order valence-electron chi connectivity index (χ3n) is 3.53. The van der Waals surface area contributed by atoms with Gasteiger partial charge in [-0.25, -0.2) is 0 Å². The Bertz CT molecular complexity index is 1020. The van der Waals surface area contributed by atoms with Gasteiger partial charge in [-0.15, -0.1) is 16.4 Å². The summed E-state index contributed by atoms with van der Waals surface area (Å²) in [5, 5.41) is 16.1. The van der Waals surface area contributed by atoms with Crippen molar-refractivity contribution < 1.29 is 0 Å². The predicted molar refractivity (Wildman–Crippen MR) is 122 cm³/mol. The highest BCUT2D eigenvalue weighted by Gasteiger charge is 2.00. The average Bonchev–Trinajstić information content (AvgIpc) is 3.12. The molecule has 144 valence electrons. The maximum atomic E-state index is 7.20. The zero-order valence-electron chi connectivity index (χ0n) is 15.8. The van der Waals surface area contributed by atoms with Gasteiger partial charge in [0.2, 0.25) is 0 Å². The van der Waals surface area contributed by atoms with Crippen molar-refractivity contribution in [1.82, 2.24) is 4.98 Å². The van der Waals surface area contributed by atoms with Crippen molar-refractivity contribution in [2.24, 2.45) is 15.9 Å². The number of benzene rings is 1. The summed E-state index contributed by atoms with van der Waals surface area (Å²) >= 11 is 7.06. The average molecular weight is 412 g/mol. The SMILES string of the molecule is CC(=N)c1ccc(Cl)s1.C\C=C/C=N/N=C(\N)Cc1ccc2ncccc2c1. The lowest BCUT2D eigenvalue weighted by Gasteiger charge is -2.02. The molecule has 0 saturated carbocycles. The van der Waals surface area contributed by atoms with Gasteiger partial charge in [-0.05, 0) is 55.8 Å². The highest BCUT2D eigenvalue weighted by Crippen LogP contribution is 2.21. The lowest BCUT2D eigenvalue weighted by Crippen LogP contribution is -2.14. The van der Waals surface area contributed by atoms with Crippen LogP contribution in [0.25, 0.3) is 10.9 Å². The molecule has 0 saturated heterocycles. The number of halogens is 1. The summed E-state index contributed by atoms with van der Waals surface area (Å²) < 4.78 is 0.747. The molecular weight excluding hydrogens is 390 g/mol. The van der Waals surface area contributed by atoms with Crippen LogP contribution < -0.4 is 5.73 Å². The Balaban J connectivity index is 0.000000261. The maximum Gasteiger partial charge on any atom is 0.126 e. The summed E-state index contributed by atoms with van der Waals surface area (Å²) in [7, 11) is 0. The molecule has 5 nitrogen and oxygen atoms in total. The van der Waals surface area contributed by atoms with Crippen LogP contribution in [0.1, 0.15) is 24.3 Å². The first kappa shape index (κ1) is 21.5. The topological polar surface area (TPSA) is 87.5 Å². The quantitative estimate of drug-likeness (QED) is 0.330. The molecular formula is C21H22ClN5S. The number of allylic oxidation sites excluding steroid dienone is 2. The lowest BCUT2D eigenvalue weighted by atomic mass is 10.1. The molecule has 0 fully saturated rings. The minimum absolute atomic E-state index is 0.490. The second kappa shape index (κ2) is 11.1. The summed E-state index contributed by atoms with van der Waals surface area (Å²) in [6.45, 7) is 3.67. The van der Waals surface area contributed by atoms with E-state index in [1.165, 1.54) is 11.3 Å². The van der Waals surface area contributed by atoms with E-state index in [-0.39, 0.29) is 0 Å². The Labute approximate surface area is 173 Å². The van der Waals surface area contributed by atoms with Crippen LogP contribution in [0.15, 0.2) is 71.0 Å². The minimum Gasteiger partial charge on any atom is -0.385 e. The molecule has 3 aromatic rings. The van der Waals surface area contributed by atoms with Crippen LogP contribution in [0, 0.1) is 5.41 Å². The summed E-state index contributed by atoms with van der Waals surface area (Å²) in [5.41, 5.74) is 8.48. The number of aromatic nitrogens is 1. The van der Waals surface area contributed by atoms with E-state index in [1.807, 2.05) is 43.3 Å². The van der Waals surface area contributed by atoms with Crippen LogP contribution in [0.5, 0.6) is 0 Å². The first-order valence-electron chi connectivity index (χ1n) is 8.60. The normalized spacial score (nSPS) is 11.8. The van der Waals surface area contributed by atoms with Gasteiger partial charge in [0.15, 0.2) is 0 Å². The van der Waals surface area contributed by atoms with Gasteiger partial charge in [0.05, 0.1) is 9.85 Å². The van der Waals surface area contributed by atoms with E-state index in [1.54, 1.807) is 31.5 Å². The zero-order valence-corrected chi connectivity index (χ0v) is 17.3.